The normalized spacial score (nSPS) is 21.2. The molecular formula is C26H34N2O4. The van der Waals surface area contributed by atoms with Crippen LogP contribution in [0.25, 0.3) is 0 Å². The van der Waals surface area contributed by atoms with Gasteiger partial charge in [0.1, 0.15) is 5.54 Å². The molecule has 3 rings (SSSR count). The Labute approximate surface area is 191 Å². The number of hydrogen-bond acceptors (Lipinski definition) is 5. The van der Waals surface area contributed by atoms with E-state index in [1.165, 1.54) is 12.0 Å². The maximum absolute atomic E-state index is 14.1. The first-order chi connectivity index (χ1) is 15.2. The first-order valence-corrected chi connectivity index (χ1v) is 11.0. The summed E-state index contributed by atoms with van der Waals surface area (Å²) in [6, 6.07) is 20.0. The van der Waals surface area contributed by atoms with Crippen molar-refractivity contribution < 1.29 is 19.2 Å². The average Bonchev–Trinajstić information content (AvgIpc) is 3.02. The van der Waals surface area contributed by atoms with Crippen LogP contribution >= 0.6 is 0 Å². The van der Waals surface area contributed by atoms with Crippen molar-refractivity contribution in [2.24, 2.45) is 5.41 Å². The van der Waals surface area contributed by atoms with Gasteiger partial charge in [-0.15, -0.1) is 0 Å². The molecule has 2 aromatic rings. The van der Waals surface area contributed by atoms with Gasteiger partial charge in [0.15, 0.2) is 0 Å². The highest BCUT2D eigenvalue weighted by molar-refractivity contribution is 5.90. The Morgan fingerprint density at radius 3 is 1.94 bits per heavy atom. The van der Waals surface area contributed by atoms with Crippen molar-refractivity contribution in [1.82, 2.24) is 9.96 Å². The van der Waals surface area contributed by atoms with Gasteiger partial charge >= 0.3 is 5.97 Å². The van der Waals surface area contributed by atoms with E-state index in [0.29, 0.717) is 26.1 Å². The summed E-state index contributed by atoms with van der Waals surface area (Å²) in [4.78, 5) is 33.6. The molecular weight excluding hydrogens is 404 g/mol. The van der Waals surface area contributed by atoms with Crippen molar-refractivity contribution in [1.29, 1.82) is 0 Å². The van der Waals surface area contributed by atoms with Crippen LogP contribution in [0.15, 0.2) is 60.7 Å². The van der Waals surface area contributed by atoms with Crippen LogP contribution in [0.1, 0.15) is 45.2 Å². The summed E-state index contributed by atoms with van der Waals surface area (Å²) in [5.41, 5.74) is 0.912. The summed E-state index contributed by atoms with van der Waals surface area (Å²) in [6.07, 6.45) is 0.496. The Kier molecular flexibility index (Phi) is 7.36. The van der Waals surface area contributed by atoms with Crippen molar-refractivity contribution in [3.63, 3.8) is 0 Å². The number of carbonyl (C=O) groups is 2. The van der Waals surface area contributed by atoms with E-state index in [2.05, 4.69) is 49.9 Å². The minimum Gasteiger partial charge on any atom is -0.382 e. The van der Waals surface area contributed by atoms with Crippen LogP contribution in [-0.2, 0) is 32.3 Å². The highest BCUT2D eigenvalue weighted by Gasteiger charge is 2.62. The molecule has 0 bridgehead atoms. The van der Waals surface area contributed by atoms with Gasteiger partial charge in [-0.1, -0.05) is 81.4 Å². The molecule has 1 fully saturated rings. The monoisotopic (exact) mass is 438 g/mol. The lowest BCUT2D eigenvalue weighted by Gasteiger charge is -2.48. The minimum atomic E-state index is -0.892. The van der Waals surface area contributed by atoms with E-state index in [9.17, 15) is 9.59 Å². The van der Waals surface area contributed by atoms with Crippen LogP contribution < -0.4 is 0 Å². The maximum Gasteiger partial charge on any atom is 0.329 e. The van der Waals surface area contributed by atoms with Gasteiger partial charge in [-0.25, -0.2) is 0 Å². The van der Waals surface area contributed by atoms with Crippen molar-refractivity contribution >= 4 is 11.9 Å². The highest BCUT2D eigenvalue weighted by Crippen LogP contribution is 2.47. The lowest BCUT2D eigenvalue weighted by molar-refractivity contribution is -0.205. The van der Waals surface area contributed by atoms with Gasteiger partial charge in [0.05, 0.1) is 12.6 Å². The van der Waals surface area contributed by atoms with Crippen LogP contribution in [-0.4, -0.2) is 47.1 Å². The third-order valence-electron chi connectivity index (χ3n) is 6.22. The molecule has 0 aromatic heterocycles. The van der Waals surface area contributed by atoms with Gasteiger partial charge in [-0.2, -0.15) is 5.06 Å². The number of carbonyl (C=O) groups excluding carboxylic acids is 2. The fourth-order valence-corrected chi connectivity index (χ4v) is 4.73. The second kappa shape index (κ2) is 9.84. The molecule has 1 amide bonds. The van der Waals surface area contributed by atoms with Crippen LogP contribution in [0.3, 0.4) is 0 Å². The number of hydroxylamine groups is 2. The summed E-state index contributed by atoms with van der Waals surface area (Å²) in [7, 11) is 1.60. The molecule has 2 aromatic carbocycles. The van der Waals surface area contributed by atoms with E-state index in [-0.39, 0.29) is 11.9 Å². The lowest BCUT2D eigenvalue weighted by Crippen LogP contribution is -2.61. The molecule has 0 saturated carbocycles. The zero-order valence-electron chi connectivity index (χ0n) is 19.7. The van der Waals surface area contributed by atoms with Crippen LogP contribution in [0.2, 0.25) is 0 Å². The standard InChI is InChI=1S/C26H34N2O4/c1-20(29)32-28-23(19-31-5)16-26(24(28)30,25(2,3)4)27(17-21-12-8-6-9-13-21)18-22-14-10-7-11-15-22/h6-15,23H,16-19H2,1-5H3/t23-,26+/m0/s1. The van der Waals surface area contributed by atoms with Crippen molar-refractivity contribution in [3.05, 3.63) is 71.8 Å². The van der Waals surface area contributed by atoms with Crippen LogP contribution in [0.5, 0.6) is 0 Å². The average molecular weight is 439 g/mol. The molecule has 0 N–H and O–H groups in total. The Hall–Kier alpha value is -2.70. The zero-order chi connectivity index (χ0) is 23.4. The quantitative estimate of drug-likeness (QED) is 0.618. The molecule has 0 aliphatic carbocycles. The van der Waals surface area contributed by atoms with Gasteiger partial charge in [-0.05, 0) is 16.5 Å². The third-order valence-corrected chi connectivity index (χ3v) is 6.22. The SMILES string of the molecule is COC[C@@H]1C[C@](N(Cc2ccccc2)Cc2ccccc2)(C(C)(C)C)C(=O)N1OC(C)=O. The third kappa shape index (κ3) is 4.87. The van der Waals surface area contributed by atoms with Gasteiger partial charge in [0.25, 0.3) is 5.91 Å². The summed E-state index contributed by atoms with van der Waals surface area (Å²) < 4.78 is 5.40. The number of nitrogens with zero attached hydrogens (tertiary/aromatic N) is 2. The maximum atomic E-state index is 14.1. The van der Waals surface area contributed by atoms with E-state index in [0.717, 1.165) is 11.1 Å². The van der Waals surface area contributed by atoms with Crippen LogP contribution in [0, 0.1) is 5.41 Å². The van der Waals surface area contributed by atoms with Gasteiger partial charge in [0.2, 0.25) is 0 Å². The number of amides is 1. The molecule has 0 unspecified atom stereocenters. The van der Waals surface area contributed by atoms with Crippen LogP contribution in [0.4, 0.5) is 0 Å². The van der Waals surface area contributed by atoms with Gasteiger partial charge < -0.3 is 9.57 Å². The molecule has 172 valence electrons. The second-order valence-electron chi connectivity index (χ2n) is 9.46. The summed E-state index contributed by atoms with van der Waals surface area (Å²) in [5, 5.41) is 1.25. The number of rotatable bonds is 8. The zero-order valence-corrected chi connectivity index (χ0v) is 19.7. The molecule has 1 aliphatic rings. The summed E-state index contributed by atoms with van der Waals surface area (Å²) in [6.45, 7) is 9.03. The first kappa shape index (κ1) is 24.0. The molecule has 1 aliphatic heterocycles. The van der Waals surface area contributed by atoms with Crippen molar-refractivity contribution in [2.75, 3.05) is 13.7 Å². The van der Waals surface area contributed by atoms with E-state index < -0.39 is 16.9 Å². The van der Waals surface area contributed by atoms with E-state index in [1.54, 1.807) is 7.11 Å². The molecule has 32 heavy (non-hydrogen) atoms. The Bertz CT molecular complexity index is 869. The minimum absolute atomic E-state index is 0.200. The van der Waals surface area contributed by atoms with Crippen molar-refractivity contribution in [3.8, 4) is 0 Å². The molecule has 1 heterocycles. The number of hydrogen-bond donors (Lipinski definition) is 0. The Morgan fingerprint density at radius 1 is 1.03 bits per heavy atom. The Morgan fingerprint density at radius 2 is 1.53 bits per heavy atom. The topological polar surface area (TPSA) is 59.1 Å². The van der Waals surface area contributed by atoms with Crippen molar-refractivity contribution in [2.45, 2.75) is 58.8 Å². The first-order valence-electron chi connectivity index (χ1n) is 11.0. The predicted molar refractivity (Wildman–Crippen MR) is 123 cm³/mol. The van der Waals surface area contributed by atoms with E-state index in [1.807, 2.05) is 36.4 Å². The molecule has 6 nitrogen and oxygen atoms in total. The summed E-state index contributed by atoms with van der Waals surface area (Å²) in [5.74, 6) is -0.712. The summed E-state index contributed by atoms with van der Waals surface area (Å²) >= 11 is 0. The Balaban J connectivity index is 2.10. The van der Waals surface area contributed by atoms with Gasteiger partial charge in [-0.3, -0.25) is 14.5 Å². The molecule has 0 spiro atoms. The van der Waals surface area contributed by atoms with E-state index >= 15 is 0 Å². The molecule has 2 atom stereocenters. The number of methoxy groups -OCH3 is 1. The lowest BCUT2D eigenvalue weighted by atomic mass is 9.70. The number of benzene rings is 2. The largest absolute Gasteiger partial charge is 0.382 e. The smallest absolute Gasteiger partial charge is 0.329 e. The predicted octanol–water partition coefficient (Wildman–Crippen LogP) is 4.20. The fourth-order valence-electron chi connectivity index (χ4n) is 4.73. The van der Waals surface area contributed by atoms with Gasteiger partial charge in [0, 0.05) is 33.5 Å². The molecule has 1 saturated heterocycles. The fraction of sp³-hybridized carbons (Fsp3) is 0.462. The number of ether oxygens (including phenoxy) is 1. The second-order valence-corrected chi connectivity index (χ2v) is 9.46. The van der Waals surface area contributed by atoms with E-state index in [4.69, 9.17) is 9.57 Å². The molecule has 6 heteroatoms. The highest BCUT2D eigenvalue weighted by atomic mass is 16.7. The molecule has 0 radical (unpaired) electrons.